The molecule has 0 saturated carbocycles. The second kappa shape index (κ2) is 5.51. The van der Waals surface area contributed by atoms with E-state index >= 15 is 0 Å². The number of fused-ring (bicyclic) bond motifs is 4. The number of nitrogens with zero attached hydrogens (tertiary/aromatic N) is 5. The molecule has 2 aliphatic rings. The Morgan fingerprint density at radius 1 is 1.36 bits per heavy atom. The highest BCUT2D eigenvalue weighted by Crippen LogP contribution is 2.53. The van der Waals surface area contributed by atoms with E-state index in [0.29, 0.717) is 35.5 Å². The molecule has 0 bridgehead atoms. The SMILES string of the molecule is [N-]=[N+]=Nc1ccc2c(c1)[C@@]1(CCN=C(N)O1)c1cc(Cl)nc(F)c1O2. The highest BCUT2D eigenvalue weighted by molar-refractivity contribution is 6.29. The average molecular weight is 361 g/mol. The molecule has 1 atom stereocenters. The van der Waals surface area contributed by atoms with Crippen molar-refractivity contribution in [2.45, 2.75) is 12.0 Å². The van der Waals surface area contributed by atoms with Crippen LogP contribution in [0.1, 0.15) is 17.5 Å². The van der Waals surface area contributed by atoms with E-state index in [2.05, 4.69) is 20.0 Å². The molecule has 0 fully saturated rings. The van der Waals surface area contributed by atoms with Gasteiger partial charge in [0.05, 0.1) is 5.56 Å². The van der Waals surface area contributed by atoms with Crippen LogP contribution < -0.4 is 10.5 Å². The summed E-state index contributed by atoms with van der Waals surface area (Å²) in [5.74, 6) is -0.582. The first-order chi connectivity index (χ1) is 12.0. The number of amidine groups is 1. The van der Waals surface area contributed by atoms with Crippen molar-refractivity contribution in [3.05, 3.63) is 56.9 Å². The van der Waals surface area contributed by atoms with E-state index in [9.17, 15) is 4.39 Å². The predicted molar refractivity (Wildman–Crippen MR) is 87.5 cm³/mol. The number of pyridine rings is 1. The number of benzene rings is 1. The third kappa shape index (κ3) is 2.33. The van der Waals surface area contributed by atoms with Crippen molar-refractivity contribution < 1.29 is 13.9 Å². The Kier molecular flexibility index (Phi) is 3.41. The number of ether oxygens (including phenoxy) is 2. The van der Waals surface area contributed by atoms with Gasteiger partial charge in [-0.3, -0.25) is 0 Å². The van der Waals surface area contributed by atoms with Gasteiger partial charge in [-0.15, -0.1) is 0 Å². The van der Waals surface area contributed by atoms with Crippen molar-refractivity contribution in [3.63, 3.8) is 0 Å². The number of aromatic nitrogens is 1. The van der Waals surface area contributed by atoms with Crippen LogP contribution in [0.2, 0.25) is 5.15 Å². The van der Waals surface area contributed by atoms with Crippen LogP contribution >= 0.6 is 11.6 Å². The van der Waals surface area contributed by atoms with Gasteiger partial charge in [-0.1, -0.05) is 16.7 Å². The van der Waals surface area contributed by atoms with E-state index < -0.39 is 11.5 Å². The standard InChI is InChI=1S/C15H10ClFN6O2/c16-11-6-9-12(13(17)21-11)24-10-2-1-7(22-23-19)5-8(10)15(9)3-4-20-14(18)25-15/h1-2,5-6H,3-4H2,(H2,18,20)/t15-/m0/s1. The smallest absolute Gasteiger partial charge is 0.283 e. The Labute approximate surface area is 145 Å². The van der Waals surface area contributed by atoms with Crippen LogP contribution in [0.5, 0.6) is 11.5 Å². The molecule has 0 radical (unpaired) electrons. The summed E-state index contributed by atoms with van der Waals surface area (Å²) < 4.78 is 25.9. The van der Waals surface area contributed by atoms with E-state index in [1.54, 1.807) is 18.2 Å². The van der Waals surface area contributed by atoms with Crippen LogP contribution in [0.4, 0.5) is 10.1 Å². The first-order valence-corrected chi connectivity index (χ1v) is 7.64. The Morgan fingerprint density at radius 2 is 2.20 bits per heavy atom. The zero-order valence-electron chi connectivity index (χ0n) is 12.6. The minimum Gasteiger partial charge on any atom is -0.452 e. The molecule has 0 unspecified atom stereocenters. The highest BCUT2D eigenvalue weighted by atomic mass is 35.5. The van der Waals surface area contributed by atoms with Gasteiger partial charge in [0.2, 0.25) is 0 Å². The largest absolute Gasteiger partial charge is 0.452 e. The number of rotatable bonds is 1. The first kappa shape index (κ1) is 15.5. The molecule has 0 saturated heterocycles. The summed E-state index contributed by atoms with van der Waals surface area (Å²) in [7, 11) is 0. The number of nitrogens with two attached hydrogens (primary N) is 1. The maximum atomic E-state index is 14.4. The summed E-state index contributed by atoms with van der Waals surface area (Å²) in [6, 6.07) is 6.18. The van der Waals surface area contributed by atoms with Gasteiger partial charge in [-0.05, 0) is 29.8 Å². The maximum absolute atomic E-state index is 14.4. The fourth-order valence-corrected chi connectivity index (χ4v) is 3.31. The molecule has 4 rings (SSSR count). The summed E-state index contributed by atoms with van der Waals surface area (Å²) in [6.07, 6.45) is 0.372. The van der Waals surface area contributed by atoms with Gasteiger partial charge < -0.3 is 15.2 Å². The summed E-state index contributed by atoms with van der Waals surface area (Å²) >= 11 is 5.94. The van der Waals surface area contributed by atoms with Gasteiger partial charge in [0.1, 0.15) is 10.9 Å². The molecular weight excluding hydrogens is 351 g/mol. The lowest BCUT2D eigenvalue weighted by atomic mass is 9.80. The molecule has 8 nitrogen and oxygen atoms in total. The minimum absolute atomic E-state index is 0.0346. The van der Waals surface area contributed by atoms with Crippen molar-refractivity contribution in [1.82, 2.24) is 4.98 Å². The lowest BCUT2D eigenvalue weighted by Gasteiger charge is -2.41. The number of hydrogen-bond donors (Lipinski definition) is 1. The fourth-order valence-electron chi connectivity index (χ4n) is 3.13. The third-order valence-electron chi connectivity index (χ3n) is 4.12. The monoisotopic (exact) mass is 360 g/mol. The molecule has 1 aromatic heterocycles. The molecule has 2 aromatic rings. The van der Waals surface area contributed by atoms with Crippen molar-refractivity contribution in [2.75, 3.05) is 6.54 Å². The molecule has 25 heavy (non-hydrogen) atoms. The Morgan fingerprint density at radius 3 is 2.96 bits per heavy atom. The van der Waals surface area contributed by atoms with Crippen molar-refractivity contribution in [3.8, 4) is 11.5 Å². The summed E-state index contributed by atoms with van der Waals surface area (Å²) in [5, 5.41) is 3.56. The predicted octanol–water partition coefficient (Wildman–Crippen LogP) is 3.90. The highest BCUT2D eigenvalue weighted by Gasteiger charge is 2.48. The zero-order chi connectivity index (χ0) is 17.6. The molecule has 0 aliphatic carbocycles. The molecule has 2 N–H and O–H groups in total. The molecule has 3 heterocycles. The fraction of sp³-hybridized carbons (Fsp3) is 0.200. The summed E-state index contributed by atoms with van der Waals surface area (Å²) in [6.45, 7) is 0.359. The number of azide groups is 1. The van der Waals surface area contributed by atoms with Gasteiger partial charge in [-0.2, -0.15) is 4.39 Å². The lowest BCUT2D eigenvalue weighted by molar-refractivity contribution is 0.0624. The zero-order valence-corrected chi connectivity index (χ0v) is 13.4. The van der Waals surface area contributed by atoms with E-state index in [-0.39, 0.29) is 16.9 Å². The Bertz CT molecular complexity index is 975. The second-order valence-electron chi connectivity index (χ2n) is 5.48. The van der Waals surface area contributed by atoms with Crippen LogP contribution in [0.3, 0.4) is 0 Å². The Hall–Kier alpha value is -3.03. The molecule has 1 spiro atoms. The van der Waals surface area contributed by atoms with Crippen LogP contribution in [-0.2, 0) is 10.3 Å². The topological polar surface area (TPSA) is 118 Å². The second-order valence-corrected chi connectivity index (χ2v) is 5.87. The minimum atomic E-state index is -1.16. The molecule has 0 amide bonds. The average Bonchev–Trinajstić information content (AvgIpc) is 2.57. The summed E-state index contributed by atoms with van der Waals surface area (Å²) in [4.78, 5) is 10.4. The van der Waals surface area contributed by atoms with Crippen molar-refractivity contribution >= 4 is 23.3 Å². The number of aliphatic imine (C=N–C) groups is 1. The molecule has 2 aliphatic heterocycles. The lowest BCUT2D eigenvalue weighted by Crippen LogP contribution is -2.42. The summed E-state index contributed by atoms with van der Waals surface area (Å²) in [5.41, 5.74) is 14.6. The van der Waals surface area contributed by atoms with Gasteiger partial charge in [-0.25, -0.2) is 9.98 Å². The number of halogens is 2. The quantitative estimate of drug-likeness (QED) is 0.359. The van der Waals surface area contributed by atoms with Crippen molar-refractivity contribution in [1.29, 1.82) is 0 Å². The van der Waals surface area contributed by atoms with E-state index in [1.807, 2.05) is 0 Å². The molecular formula is C15H10ClFN6O2. The maximum Gasteiger partial charge on any atom is 0.283 e. The van der Waals surface area contributed by atoms with Crippen LogP contribution in [0.25, 0.3) is 10.4 Å². The van der Waals surface area contributed by atoms with Crippen LogP contribution in [-0.4, -0.2) is 17.6 Å². The van der Waals surface area contributed by atoms with Crippen LogP contribution in [0.15, 0.2) is 34.4 Å². The van der Waals surface area contributed by atoms with E-state index in [4.69, 9.17) is 32.3 Å². The van der Waals surface area contributed by atoms with Gasteiger partial charge in [0.25, 0.3) is 12.0 Å². The normalized spacial score (nSPS) is 20.5. The Balaban J connectivity index is 2.03. The van der Waals surface area contributed by atoms with E-state index in [1.165, 1.54) is 6.07 Å². The van der Waals surface area contributed by atoms with Gasteiger partial charge in [0, 0.05) is 29.1 Å². The van der Waals surface area contributed by atoms with Crippen molar-refractivity contribution in [2.24, 2.45) is 15.8 Å². The van der Waals surface area contributed by atoms with Gasteiger partial charge in [0.15, 0.2) is 11.4 Å². The van der Waals surface area contributed by atoms with Crippen LogP contribution in [0, 0.1) is 5.95 Å². The molecule has 1 aromatic carbocycles. The molecule has 126 valence electrons. The van der Waals surface area contributed by atoms with E-state index in [0.717, 1.165) is 0 Å². The van der Waals surface area contributed by atoms with Gasteiger partial charge >= 0.3 is 0 Å². The third-order valence-corrected chi connectivity index (χ3v) is 4.31. The molecule has 10 heteroatoms. The number of hydrogen-bond acceptors (Lipinski definition) is 6. The first-order valence-electron chi connectivity index (χ1n) is 7.26.